The Kier molecular flexibility index (Phi) is 5.15. The lowest BCUT2D eigenvalue weighted by Crippen LogP contribution is -2.43. The van der Waals surface area contributed by atoms with Gasteiger partial charge in [-0.25, -0.2) is 8.42 Å². The van der Waals surface area contributed by atoms with Gasteiger partial charge in [0.05, 0.1) is 17.3 Å². The fourth-order valence-electron chi connectivity index (χ4n) is 3.39. The lowest BCUT2D eigenvalue weighted by Gasteiger charge is -2.31. The number of anilines is 1. The monoisotopic (exact) mass is 376 g/mol. The molecule has 1 amide bonds. The highest BCUT2D eigenvalue weighted by atomic mass is 32.2. The van der Waals surface area contributed by atoms with E-state index in [1.807, 2.05) is 31.2 Å². The van der Waals surface area contributed by atoms with Crippen LogP contribution in [0.3, 0.4) is 0 Å². The standard InChI is InChI=1S/C18H24N4O3S/c1-12-6-4-8-16(10-12)19-18(23)15-7-5-9-22(11-15)26(24,25)17-13(2)20-21-14(17)3/h4,6,8,10,15H,5,7,9,11H2,1-3H3,(H,19,23)(H,20,21). The Morgan fingerprint density at radius 2 is 2.08 bits per heavy atom. The van der Waals surface area contributed by atoms with Crippen molar-refractivity contribution in [1.82, 2.24) is 14.5 Å². The van der Waals surface area contributed by atoms with Crippen molar-refractivity contribution < 1.29 is 13.2 Å². The van der Waals surface area contributed by atoms with Crippen molar-refractivity contribution in [2.75, 3.05) is 18.4 Å². The number of benzene rings is 1. The van der Waals surface area contributed by atoms with Crippen molar-refractivity contribution >= 4 is 21.6 Å². The minimum atomic E-state index is -3.67. The maximum Gasteiger partial charge on any atom is 0.246 e. The Hall–Kier alpha value is -2.19. The first-order valence-electron chi connectivity index (χ1n) is 8.68. The zero-order valence-electron chi connectivity index (χ0n) is 15.2. The molecule has 0 radical (unpaired) electrons. The Labute approximate surface area is 153 Å². The smallest absolute Gasteiger partial charge is 0.246 e. The number of rotatable bonds is 4. The molecule has 0 bridgehead atoms. The lowest BCUT2D eigenvalue weighted by molar-refractivity contribution is -0.120. The second-order valence-electron chi connectivity index (χ2n) is 6.82. The van der Waals surface area contributed by atoms with Crippen LogP contribution >= 0.6 is 0 Å². The summed E-state index contributed by atoms with van der Waals surface area (Å²) in [5, 5.41) is 9.61. The van der Waals surface area contributed by atoms with Crippen molar-refractivity contribution in [3.05, 3.63) is 41.2 Å². The maximum atomic E-state index is 13.0. The number of carbonyl (C=O) groups is 1. The first kappa shape index (κ1) is 18.6. The molecule has 26 heavy (non-hydrogen) atoms. The van der Waals surface area contributed by atoms with Crippen molar-refractivity contribution in [3.8, 4) is 0 Å². The molecule has 0 spiro atoms. The molecule has 1 aliphatic heterocycles. The minimum absolute atomic E-state index is 0.142. The molecule has 1 aromatic heterocycles. The summed E-state index contributed by atoms with van der Waals surface area (Å²) in [5.74, 6) is -0.511. The Balaban J connectivity index is 1.76. The minimum Gasteiger partial charge on any atom is -0.326 e. The molecular weight excluding hydrogens is 352 g/mol. The number of nitrogens with one attached hydrogen (secondary N) is 2. The number of sulfonamides is 1. The summed E-state index contributed by atoms with van der Waals surface area (Å²) in [7, 11) is -3.67. The number of hydrogen-bond acceptors (Lipinski definition) is 4. The molecular formula is C18H24N4O3S. The Morgan fingerprint density at radius 1 is 1.31 bits per heavy atom. The molecule has 7 nitrogen and oxygen atoms in total. The van der Waals surface area contributed by atoms with E-state index in [0.29, 0.717) is 30.8 Å². The van der Waals surface area contributed by atoms with E-state index < -0.39 is 10.0 Å². The highest BCUT2D eigenvalue weighted by molar-refractivity contribution is 7.89. The van der Waals surface area contributed by atoms with Gasteiger partial charge in [-0.2, -0.15) is 9.40 Å². The van der Waals surface area contributed by atoms with Gasteiger partial charge in [-0.3, -0.25) is 9.89 Å². The highest BCUT2D eigenvalue weighted by Crippen LogP contribution is 2.27. The molecule has 140 valence electrons. The molecule has 3 rings (SSSR count). The second kappa shape index (κ2) is 7.20. The third-order valence-electron chi connectivity index (χ3n) is 4.70. The van der Waals surface area contributed by atoms with Crippen LogP contribution in [0.1, 0.15) is 29.8 Å². The van der Waals surface area contributed by atoms with Gasteiger partial charge in [-0.15, -0.1) is 0 Å². The highest BCUT2D eigenvalue weighted by Gasteiger charge is 2.35. The average Bonchev–Trinajstić information content (AvgIpc) is 2.94. The second-order valence-corrected chi connectivity index (χ2v) is 8.70. The van der Waals surface area contributed by atoms with Crippen LogP contribution in [0.4, 0.5) is 5.69 Å². The van der Waals surface area contributed by atoms with Crippen LogP contribution < -0.4 is 5.32 Å². The average molecular weight is 376 g/mol. The van der Waals surface area contributed by atoms with Crippen LogP contribution in [0.25, 0.3) is 0 Å². The molecule has 8 heteroatoms. The van der Waals surface area contributed by atoms with E-state index in [0.717, 1.165) is 11.3 Å². The number of aromatic amines is 1. The fraction of sp³-hybridized carbons (Fsp3) is 0.444. The maximum absolute atomic E-state index is 13.0. The molecule has 1 aliphatic rings. The summed E-state index contributed by atoms with van der Waals surface area (Å²) in [6.07, 6.45) is 1.33. The number of piperidine rings is 1. The van der Waals surface area contributed by atoms with Crippen molar-refractivity contribution in [1.29, 1.82) is 0 Å². The number of hydrogen-bond donors (Lipinski definition) is 2. The fourth-order valence-corrected chi connectivity index (χ4v) is 5.25. The van der Waals surface area contributed by atoms with Crippen LogP contribution in [0, 0.1) is 26.7 Å². The quantitative estimate of drug-likeness (QED) is 0.856. The largest absolute Gasteiger partial charge is 0.326 e. The number of carbonyl (C=O) groups excluding carboxylic acids is 1. The summed E-state index contributed by atoms with van der Waals surface area (Å²) in [6.45, 7) is 5.92. The van der Waals surface area contributed by atoms with Gasteiger partial charge in [0.2, 0.25) is 15.9 Å². The van der Waals surface area contributed by atoms with Crippen molar-refractivity contribution in [2.45, 2.75) is 38.5 Å². The van der Waals surface area contributed by atoms with E-state index in [9.17, 15) is 13.2 Å². The van der Waals surface area contributed by atoms with Gasteiger partial charge in [0.15, 0.2) is 0 Å². The Bertz CT molecular complexity index is 901. The Morgan fingerprint density at radius 3 is 2.73 bits per heavy atom. The number of aryl methyl sites for hydroxylation is 3. The molecule has 1 unspecified atom stereocenters. The van der Waals surface area contributed by atoms with Gasteiger partial charge < -0.3 is 5.32 Å². The van der Waals surface area contributed by atoms with E-state index >= 15 is 0 Å². The third kappa shape index (κ3) is 3.66. The first-order chi connectivity index (χ1) is 12.3. The lowest BCUT2D eigenvalue weighted by atomic mass is 9.98. The van der Waals surface area contributed by atoms with Gasteiger partial charge >= 0.3 is 0 Å². The summed E-state index contributed by atoms with van der Waals surface area (Å²) in [4.78, 5) is 12.8. The van der Waals surface area contributed by atoms with Crippen LogP contribution in [0.15, 0.2) is 29.2 Å². The number of aromatic nitrogens is 2. The molecule has 2 aromatic rings. The van der Waals surface area contributed by atoms with Crippen molar-refractivity contribution in [2.24, 2.45) is 5.92 Å². The zero-order chi connectivity index (χ0) is 18.9. The van der Waals surface area contributed by atoms with Gasteiger partial charge in [-0.1, -0.05) is 12.1 Å². The zero-order valence-corrected chi connectivity index (χ0v) is 16.1. The van der Waals surface area contributed by atoms with E-state index in [-0.39, 0.29) is 23.3 Å². The number of H-pyrrole nitrogens is 1. The topological polar surface area (TPSA) is 95.2 Å². The van der Waals surface area contributed by atoms with E-state index in [1.54, 1.807) is 13.8 Å². The first-order valence-corrected chi connectivity index (χ1v) is 10.1. The predicted octanol–water partition coefficient (Wildman–Crippen LogP) is 2.37. The van der Waals surface area contributed by atoms with Gasteiger partial charge in [0.25, 0.3) is 0 Å². The number of nitrogens with zero attached hydrogens (tertiary/aromatic N) is 2. The molecule has 1 atom stereocenters. The number of amides is 1. The molecule has 1 fully saturated rings. The molecule has 0 aliphatic carbocycles. The molecule has 2 heterocycles. The third-order valence-corrected chi connectivity index (χ3v) is 6.83. The summed E-state index contributed by atoms with van der Waals surface area (Å²) < 4.78 is 27.4. The van der Waals surface area contributed by atoms with Crippen LogP contribution in [0.5, 0.6) is 0 Å². The van der Waals surface area contributed by atoms with E-state index in [2.05, 4.69) is 15.5 Å². The van der Waals surface area contributed by atoms with Crippen LogP contribution in [-0.2, 0) is 14.8 Å². The van der Waals surface area contributed by atoms with Crippen LogP contribution in [0.2, 0.25) is 0 Å². The summed E-state index contributed by atoms with van der Waals surface area (Å²) in [6, 6.07) is 7.57. The summed E-state index contributed by atoms with van der Waals surface area (Å²) >= 11 is 0. The van der Waals surface area contributed by atoms with E-state index in [1.165, 1.54) is 4.31 Å². The van der Waals surface area contributed by atoms with Crippen LogP contribution in [-0.4, -0.2) is 41.9 Å². The van der Waals surface area contributed by atoms with Crippen molar-refractivity contribution in [3.63, 3.8) is 0 Å². The van der Waals surface area contributed by atoms with E-state index in [4.69, 9.17) is 0 Å². The molecule has 2 N–H and O–H groups in total. The SMILES string of the molecule is Cc1cccc(NC(=O)C2CCCN(S(=O)(=O)c3c(C)n[nH]c3C)C2)c1. The van der Waals surface area contributed by atoms with Gasteiger partial charge in [0.1, 0.15) is 4.90 Å². The molecule has 1 aromatic carbocycles. The molecule has 0 saturated carbocycles. The normalized spacial score (nSPS) is 18.7. The van der Waals surface area contributed by atoms with Gasteiger partial charge in [-0.05, 0) is 51.3 Å². The van der Waals surface area contributed by atoms with Gasteiger partial charge in [0, 0.05) is 18.8 Å². The predicted molar refractivity (Wildman–Crippen MR) is 99.4 cm³/mol. The molecule has 1 saturated heterocycles. The summed E-state index contributed by atoms with van der Waals surface area (Å²) in [5.41, 5.74) is 2.76.